The molecule has 0 spiro atoms. The van der Waals surface area contributed by atoms with E-state index < -0.39 is 0 Å². The molecule has 5 heteroatoms. The van der Waals surface area contributed by atoms with Crippen molar-refractivity contribution in [1.29, 1.82) is 0 Å². The van der Waals surface area contributed by atoms with Crippen LogP contribution >= 0.6 is 0 Å². The van der Waals surface area contributed by atoms with Crippen LogP contribution in [0.25, 0.3) is 27.7 Å². The summed E-state index contributed by atoms with van der Waals surface area (Å²) in [6.07, 6.45) is 2.73. The summed E-state index contributed by atoms with van der Waals surface area (Å²) in [7, 11) is 0. The number of rotatable bonds is 1. The Labute approximate surface area is 102 Å². The van der Waals surface area contributed by atoms with E-state index in [1.54, 1.807) is 0 Å². The van der Waals surface area contributed by atoms with Crippen LogP contribution in [0.2, 0.25) is 0 Å². The van der Waals surface area contributed by atoms with E-state index in [2.05, 4.69) is 33.2 Å². The molecule has 1 aromatic carbocycles. The molecule has 0 aliphatic carbocycles. The number of aromatic amines is 1. The zero-order valence-corrected chi connectivity index (χ0v) is 9.88. The van der Waals surface area contributed by atoms with Crippen molar-refractivity contribution in [3.63, 3.8) is 0 Å². The maximum atomic E-state index is 4.49. The molecule has 4 aromatic rings. The number of imidazole rings is 1. The fourth-order valence-electron chi connectivity index (χ4n) is 2.42. The first-order chi connectivity index (χ1) is 8.88. The summed E-state index contributed by atoms with van der Waals surface area (Å²) >= 11 is 0. The van der Waals surface area contributed by atoms with Gasteiger partial charge in [0.2, 0.25) is 5.78 Å². The van der Waals surface area contributed by atoms with Crippen molar-refractivity contribution in [2.24, 2.45) is 0 Å². The molecular weight excluding hydrogens is 226 g/mol. The first kappa shape index (κ1) is 9.58. The Morgan fingerprint density at radius 2 is 2.11 bits per heavy atom. The van der Waals surface area contributed by atoms with Gasteiger partial charge in [0, 0.05) is 11.8 Å². The molecule has 5 nitrogen and oxygen atoms in total. The molecule has 0 atom stereocenters. The number of nitrogens with zero attached hydrogens (tertiary/aromatic N) is 4. The van der Waals surface area contributed by atoms with Crippen LogP contribution in [0.5, 0.6) is 0 Å². The minimum Gasteiger partial charge on any atom is -0.322 e. The summed E-state index contributed by atoms with van der Waals surface area (Å²) in [4.78, 5) is 7.82. The van der Waals surface area contributed by atoms with Crippen LogP contribution in [0.3, 0.4) is 0 Å². The molecule has 3 heterocycles. The Bertz CT molecular complexity index is 871. The number of nitrogens with one attached hydrogen (secondary N) is 1. The molecule has 0 aliphatic heterocycles. The van der Waals surface area contributed by atoms with Gasteiger partial charge < -0.3 is 4.98 Å². The molecule has 0 radical (unpaired) electrons. The second-order valence-electron chi connectivity index (χ2n) is 4.29. The van der Waals surface area contributed by atoms with Crippen LogP contribution in [0.1, 0.15) is 12.7 Å². The third-order valence-electron chi connectivity index (χ3n) is 3.28. The Morgan fingerprint density at radius 1 is 1.22 bits per heavy atom. The van der Waals surface area contributed by atoms with Crippen molar-refractivity contribution in [1.82, 2.24) is 24.6 Å². The normalized spacial score (nSPS) is 11.8. The van der Waals surface area contributed by atoms with Crippen molar-refractivity contribution < 1.29 is 0 Å². The van der Waals surface area contributed by atoms with Gasteiger partial charge in [-0.1, -0.05) is 25.1 Å². The molecule has 0 fully saturated rings. The minimum atomic E-state index is 0.778. The van der Waals surface area contributed by atoms with Crippen LogP contribution in [-0.2, 0) is 6.42 Å². The van der Waals surface area contributed by atoms with E-state index in [4.69, 9.17) is 0 Å². The van der Waals surface area contributed by atoms with Gasteiger partial charge >= 0.3 is 0 Å². The van der Waals surface area contributed by atoms with Crippen molar-refractivity contribution >= 4 is 27.7 Å². The third kappa shape index (κ3) is 1.08. The summed E-state index contributed by atoms with van der Waals surface area (Å²) in [5.74, 6) is 1.73. The zero-order valence-electron chi connectivity index (χ0n) is 9.88. The number of aromatic nitrogens is 5. The number of hydrogen-bond donors (Lipinski definition) is 1. The summed E-state index contributed by atoms with van der Waals surface area (Å²) in [5.41, 5.74) is 3.09. The number of fused-ring (bicyclic) bond motifs is 5. The maximum Gasteiger partial charge on any atom is 0.233 e. The number of hydrogen-bond acceptors (Lipinski definition) is 3. The van der Waals surface area contributed by atoms with E-state index in [0.29, 0.717) is 0 Å². The lowest BCUT2D eigenvalue weighted by Crippen LogP contribution is -1.91. The molecule has 0 amide bonds. The number of benzene rings is 1. The van der Waals surface area contributed by atoms with E-state index in [0.717, 1.165) is 40.0 Å². The molecule has 0 aliphatic rings. The van der Waals surface area contributed by atoms with Gasteiger partial charge in [-0.15, -0.1) is 10.2 Å². The van der Waals surface area contributed by atoms with Gasteiger partial charge in [-0.2, -0.15) is 0 Å². The Kier molecular flexibility index (Phi) is 1.75. The standard InChI is InChI=1S/C13H11N5/c1-2-11-16-17-13-15-12-8-5-3-4-6-9(8)14-7-10(12)18(11)13/h3-7H,2H2,1H3,(H,15,17). The van der Waals surface area contributed by atoms with Crippen LogP contribution in [0.15, 0.2) is 30.5 Å². The van der Waals surface area contributed by atoms with Gasteiger partial charge in [0.15, 0.2) is 0 Å². The van der Waals surface area contributed by atoms with Crippen molar-refractivity contribution in [3.8, 4) is 0 Å². The van der Waals surface area contributed by atoms with E-state index in [-0.39, 0.29) is 0 Å². The number of para-hydroxylation sites is 1. The quantitative estimate of drug-likeness (QED) is 0.552. The second kappa shape index (κ2) is 3.29. The first-order valence-electron chi connectivity index (χ1n) is 5.98. The molecule has 3 aromatic heterocycles. The monoisotopic (exact) mass is 237 g/mol. The average molecular weight is 237 g/mol. The van der Waals surface area contributed by atoms with Crippen molar-refractivity contribution in [2.45, 2.75) is 13.3 Å². The first-order valence-corrected chi connectivity index (χ1v) is 5.98. The highest BCUT2D eigenvalue weighted by atomic mass is 15.3. The molecule has 1 N–H and O–H groups in total. The topological polar surface area (TPSA) is 58.9 Å². The molecule has 0 bridgehead atoms. The Hall–Kier alpha value is -2.43. The zero-order chi connectivity index (χ0) is 12.1. The maximum absolute atomic E-state index is 4.49. The van der Waals surface area contributed by atoms with Gasteiger partial charge in [-0.05, 0) is 6.07 Å². The minimum absolute atomic E-state index is 0.778. The average Bonchev–Trinajstić information content (AvgIpc) is 2.97. The predicted octanol–water partition coefficient (Wildman–Crippen LogP) is 2.32. The van der Waals surface area contributed by atoms with Gasteiger partial charge in [0.05, 0.1) is 22.7 Å². The fourth-order valence-corrected chi connectivity index (χ4v) is 2.42. The van der Waals surface area contributed by atoms with Crippen LogP contribution in [0, 0.1) is 0 Å². The Morgan fingerprint density at radius 3 is 3.00 bits per heavy atom. The van der Waals surface area contributed by atoms with Crippen LogP contribution < -0.4 is 0 Å². The summed E-state index contributed by atoms with van der Waals surface area (Å²) < 4.78 is 2.04. The molecule has 0 saturated heterocycles. The molecule has 88 valence electrons. The second-order valence-corrected chi connectivity index (χ2v) is 4.29. The third-order valence-corrected chi connectivity index (χ3v) is 3.28. The summed E-state index contributed by atoms with van der Waals surface area (Å²) in [6.45, 7) is 2.07. The summed E-state index contributed by atoms with van der Waals surface area (Å²) in [6, 6.07) is 8.09. The summed E-state index contributed by atoms with van der Waals surface area (Å²) in [5, 5.41) is 9.43. The van der Waals surface area contributed by atoms with Crippen molar-refractivity contribution in [3.05, 3.63) is 36.3 Å². The van der Waals surface area contributed by atoms with Gasteiger partial charge in [0.25, 0.3) is 0 Å². The van der Waals surface area contributed by atoms with E-state index in [1.165, 1.54) is 0 Å². The predicted molar refractivity (Wildman–Crippen MR) is 69.5 cm³/mol. The molecule has 4 rings (SSSR count). The van der Waals surface area contributed by atoms with Crippen molar-refractivity contribution in [2.75, 3.05) is 0 Å². The smallest absolute Gasteiger partial charge is 0.233 e. The molecular formula is C13H11N5. The lowest BCUT2D eigenvalue weighted by Gasteiger charge is -1.98. The fraction of sp³-hybridized carbons (Fsp3) is 0.154. The highest BCUT2D eigenvalue weighted by molar-refractivity contribution is 6.03. The molecule has 0 saturated carbocycles. The van der Waals surface area contributed by atoms with Gasteiger partial charge in [0.1, 0.15) is 5.82 Å². The molecule has 18 heavy (non-hydrogen) atoms. The largest absolute Gasteiger partial charge is 0.322 e. The highest BCUT2D eigenvalue weighted by Crippen LogP contribution is 2.24. The van der Waals surface area contributed by atoms with E-state index in [1.807, 2.05) is 28.8 Å². The van der Waals surface area contributed by atoms with Gasteiger partial charge in [-0.25, -0.2) is 0 Å². The molecule has 0 unspecified atom stereocenters. The van der Waals surface area contributed by atoms with Crippen LogP contribution in [-0.4, -0.2) is 24.6 Å². The number of H-pyrrole nitrogens is 1. The number of aryl methyl sites for hydroxylation is 1. The Balaban J connectivity index is 2.27. The van der Waals surface area contributed by atoms with Gasteiger partial charge in [-0.3, -0.25) is 9.38 Å². The van der Waals surface area contributed by atoms with E-state index >= 15 is 0 Å². The number of pyridine rings is 1. The SMILES string of the molecule is CCc1nnc2[nH]c3c4ccccc4ncc3n12. The van der Waals surface area contributed by atoms with Crippen LogP contribution in [0.4, 0.5) is 0 Å². The highest BCUT2D eigenvalue weighted by Gasteiger charge is 2.12. The lowest BCUT2D eigenvalue weighted by molar-refractivity contribution is 0.922. The lowest BCUT2D eigenvalue weighted by atomic mass is 10.2. The van der Waals surface area contributed by atoms with E-state index in [9.17, 15) is 0 Å².